The molecule has 0 aliphatic heterocycles. The number of pyridine rings is 1. The van der Waals surface area contributed by atoms with Crippen LogP contribution >= 0.6 is 11.6 Å². The highest BCUT2D eigenvalue weighted by Crippen LogP contribution is 2.28. The third-order valence-electron chi connectivity index (χ3n) is 4.95. The number of hydrogen-bond donors (Lipinski definition) is 2. The molecule has 0 saturated carbocycles. The molecule has 0 saturated heterocycles. The molecule has 34 heavy (non-hydrogen) atoms. The van der Waals surface area contributed by atoms with Crippen LogP contribution in [0.1, 0.15) is 5.69 Å². The van der Waals surface area contributed by atoms with E-state index in [-0.39, 0.29) is 21.9 Å². The van der Waals surface area contributed by atoms with Gasteiger partial charge in [-0.3, -0.25) is 0 Å². The topological polar surface area (TPSA) is 82.4 Å². The minimum absolute atomic E-state index is 0.0932. The van der Waals surface area contributed by atoms with E-state index >= 15 is 0 Å². The first kappa shape index (κ1) is 23.1. The fraction of sp³-hybridized carbons (Fsp3) is 0.0833. The van der Waals surface area contributed by atoms with Crippen molar-refractivity contribution in [3.63, 3.8) is 0 Å². The van der Waals surface area contributed by atoms with Gasteiger partial charge in [0, 0.05) is 29.1 Å². The lowest BCUT2D eigenvalue weighted by Gasteiger charge is -2.13. The van der Waals surface area contributed by atoms with Crippen molar-refractivity contribution < 1.29 is 13.5 Å². The van der Waals surface area contributed by atoms with E-state index in [1.807, 2.05) is 29.8 Å². The quantitative estimate of drug-likeness (QED) is 0.387. The molecule has 10 heteroatoms. The van der Waals surface area contributed by atoms with Crippen molar-refractivity contribution in [2.75, 3.05) is 18.3 Å². The molecule has 3 N–H and O–H groups in total. The molecule has 2 aromatic heterocycles. The van der Waals surface area contributed by atoms with Gasteiger partial charge in [-0.15, -0.1) is 0 Å². The lowest BCUT2D eigenvalue weighted by Crippen LogP contribution is -2.30. The zero-order chi connectivity index (χ0) is 24.4. The van der Waals surface area contributed by atoms with Crippen molar-refractivity contribution in [1.82, 2.24) is 14.2 Å². The van der Waals surface area contributed by atoms with Crippen molar-refractivity contribution in [2.45, 2.75) is 6.92 Å². The fourth-order valence-corrected chi connectivity index (χ4v) is 3.71. The number of nitrogens with two attached hydrogens (primary N) is 1. The molecule has 2 heterocycles. The van der Waals surface area contributed by atoms with E-state index in [4.69, 9.17) is 22.2 Å². The van der Waals surface area contributed by atoms with Crippen LogP contribution in [0.2, 0.25) is 5.02 Å². The summed E-state index contributed by atoms with van der Waals surface area (Å²) in [6.07, 6.45) is 4.65. The molecule has 0 aliphatic rings. The number of nitrogens with zero attached hydrogens (tertiary/aromatic N) is 4. The maximum atomic E-state index is 14.1. The van der Waals surface area contributed by atoms with Gasteiger partial charge in [-0.2, -0.15) is 0 Å². The van der Waals surface area contributed by atoms with Crippen molar-refractivity contribution in [2.24, 2.45) is 4.99 Å². The SMILES string of the molecule is C=C(N=c1c(-c2ccc(F)cc2Cl)cc(F)cn1N)Nc1ccc(-n2cnc(C)c2)c(OC)c1. The van der Waals surface area contributed by atoms with E-state index in [0.29, 0.717) is 17.0 Å². The Hall–Kier alpha value is -4.11. The summed E-state index contributed by atoms with van der Waals surface area (Å²) in [5, 5.41) is 3.16. The van der Waals surface area contributed by atoms with Gasteiger partial charge in [0.1, 0.15) is 23.2 Å². The number of halogens is 3. The summed E-state index contributed by atoms with van der Waals surface area (Å²) in [7, 11) is 1.57. The summed E-state index contributed by atoms with van der Waals surface area (Å²) in [5.41, 5.74) is 3.16. The molecule has 174 valence electrons. The highest BCUT2D eigenvalue weighted by Gasteiger charge is 2.12. The molecule has 0 aliphatic carbocycles. The Bertz CT molecular complexity index is 1460. The second-order valence-corrected chi connectivity index (χ2v) is 7.83. The molecule has 0 amide bonds. The molecule has 0 unspecified atom stereocenters. The predicted molar refractivity (Wildman–Crippen MR) is 128 cm³/mol. The van der Waals surface area contributed by atoms with E-state index < -0.39 is 11.6 Å². The smallest absolute Gasteiger partial charge is 0.161 e. The molecule has 4 rings (SSSR count). The van der Waals surface area contributed by atoms with E-state index in [2.05, 4.69) is 21.9 Å². The number of rotatable bonds is 6. The zero-order valence-corrected chi connectivity index (χ0v) is 19.1. The maximum Gasteiger partial charge on any atom is 0.161 e. The second-order valence-electron chi connectivity index (χ2n) is 7.42. The molecule has 0 radical (unpaired) electrons. The van der Waals surface area contributed by atoms with Gasteiger partial charge in [-0.25, -0.2) is 23.4 Å². The Kier molecular flexibility index (Phi) is 6.38. The molecule has 0 atom stereocenters. The Labute approximate surface area is 199 Å². The lowest BCUT2D eigenvalue weighted by atomic mass is 10.1. The van der Waals surface area contributed by atoms with E-state index in [9.17, 15) is 8.78 Å². The summed E-state index contributed by atoms with van der Waals surface area (Å²) in [4.78, 5) is 8.67. The normalized spacial score (nSPS) is 11.5. The molecule has 2 aromatic carbocycles. The van der Waals surface area contributed by atoms with Crippen molar-refractivity contribution in [3.05, 3.63) is 101 Å². The van der Waals surface area contributed by atoms with Crippen LogP contribution < -0.4 is 21.4 Å². The van der Waals surface area contributed by atoms with Crippen LogP contribution in [-0.4, -0.2) is 21.3 Å². The molecule has 0 spiro atoms. The van der Waals surface area contributed by atoms with Crippen LogP contribution in [-0.2, 0) is 0 Å². The van der Waals surface area contributed by atoms with Gasteiger partial charge in [0.05, 0.1) is 36.0 Å². The zero-order valence-electron chi connectivity index (χ0n) is 18.4. The van der Waals surface area contributed by atoms with Gasteiger partial charge in [-0.1, -0.05) is 18.2 Å². The number of nitrogens with one attached hydrogen (secondary N) is 1. The highest BCUT2D eigenvalue weighted by atomic mass is 35.5. The largest absolute Gasteiger partial charge is 0.494 e. The first-order valence-electron chi connectivity index (χ1n) is 10.1. The summed E-state index contributed by atoms with van der Waals surface area (Å²) < 4.78 is 36.0. The first-order valence-corrected chi connectivity index (χ1v) is 10.5. The summed E-state index contributed by atoms with van der Waals surface area (Å²) in [5.74, 6) is 5.68. The lowest BCUT2D eigenvalue weighted by molar-refractivity contribution is 0.413. The first-order chi connectivity index (χ1) is 16.2. The number of imidazole rings is 1. The maximum absolute atomic E-state index is 14.1. The standard InChI is InChI=1S/C24H21ClF2N6O/c1-14-11-32(13-29-14)22-7-5-18(10-23(22)34-3)30-15(2)31-24-20(8-17(27)12-33(24)28)19-6-4-16(26)9-21(19)25/h4-13,30H,2,28H2,1,3H3. The molecular weight excluding hydrogens is 462 g/mol. The Morgan fingerprint density at radius 2 is 1.91 bits per heavy atom. The minimum atomic E-state index is -0.606. The van der Waals surface area contributed by atoms with Crippen molar-refractivity contribution in [3.8, 4) is 22.6 Å². The minimum Gasteiger partial charge on any atom is -0.494 e. The Morgan fingerprint density at radius 3 is 2.59 bits per heavy atom. The molecule has 4 aromatic rings. The fourth-order valence-electron chi connectivity index (χ4n) is 3.44. The number of benzene rings is 2. The van der Waals surface area contributed by atoms with Crippen molar-refractivity contribution >= 4 is 17.3 Å². The summed E-state index contributed by atoms with van der Waals surface area (Å²) >= 11 is 6.19. The average molecular weight is 483 g/mol. The number of hydrogen-bond acceptors (Lipinski definition) is 5. The van der Waals surface area contributed by atoms with Gasteiger partial charge < -0.3 is 20.5 Å². The summed E-state index contributed by atoms with van der Waals surface area (Å²) in [6.45, 7) is 5.83. The van der Waals surface area contributed by atoms with Crippen molar-refractivity contribution in [1.29, 1.82) is 0 Å². The van der Waals surface area contributed by atoms with Gasteiger partial charge in [0.15, 0.2) is 5.49 Å². The Morgan fingerprint density at radius 1 is 1.12 bits per heavy atom. The summed E-state index contributed by atoms with van der Waals surface area (Å²) in [6, 6.07) is 10.5. The predicted octanol–water partition coefficient (Wildman–Crippen LogP) is 4.79. The average Bonchev–Trinajstić information content (AvgIpc) is 3.21. The van der Waals surface area contributed by atoms with Crippen LogP contribution in [0, 0.1) is 18.6 Å². The van der Waals surface area contributed by atoms with Gasteiger partial charge in [0.25, 0.3) is 0 Å². The van der Waals surface area contributed by atoms with E-state index in [1.165, 1.54) is 18.2 Å². The number of aryl methyl sites for hydroxylation is 1. The highest BCUT2D eigenvalue weighted by molar-refractivity contribution is 6.33. The van der Waals surface area contributed by atoms with Crippen LogP contribution in [0.15, 0.2) is 78.6 Å². The third-order valence-corrected chi connectivity index (χ3v) is 5.26. The number of ether oxygens (including phenoxy) is 1. The number of nitrogen functional groups attached to an aromatic ring is 1. The number of anilines is 1. The second kappa shape index (κ2) is 9.40. The monoisotopic (exact) mass is 482 g/mol. The van der Waals surface area contributed by atoms with E-state index in [1.54, 1.807) is 19.5 Å². The van der Waals surface area contributed by atoms with Crippen LogP contribution in [0.5, 0.6) is 5.75 Å². The van der Waals surface area contributed by atoms with Gasteiger partial charge >= 0.3 is 0 Å². The van der Waals surface area contributed by atoms with Crippen LogP contribution in [0.25, 0.3) is 16.8 Å². The third kappa shape index (κ3) is 4.79. The molecule has 7 nitrogen and oxygen atoms in total. The number of aromatic nitrogens is 3. The molecule has 0 bridgehead atoms. The number of methoxy groups -OCH3 is 1. The van der Waals surface area contributed by atoms with E-state index in [0.717, 1.165) is 28.3 Å². The molecule has 0 fully saturated rings. The van der Waals surface area contributed by atoms with Crippen LogP contribution in [0.4, 0.5) is 14.5 Å². The molecular formula is C24H21ClF2N6O. The Balaban J connectivity index is 1.70. The van der Waals surface area contributed by atoms with Gasteiger partial charge in [-0.05, 0) is 43.3 Å². The van der Waals surface area contributed by atoms with Gasteiger partial charge in [0.2, 0.25) is 0 Å². The van der Waals surface area contributed by atoms with Crippen LogP contribution in [0.3, 0.4) is 0 Å².